The van der Waals surface area contributed by atoms with E-state index in [2.05, 4.69) is 58.6 Å². The summed E-state index contributed by atoms with van der Waals surface area (Å²) in [5, 5.41) is 13.3. The second kappa shape index (κ2) is 8.72. The van der Waals surface area contributed by atoms with Crippen LogP contribution in [-0.2, 0) is 25.0 Å². The molecular weight excluding hydrogens is 446 g/mol. The van der Waals surface area contributed by atoms with Crippen LogP contribution in [0.1, 0.15) is 42.1 Å². The van der Waals surface area contributed by atoms with E-state index in [1.165, 1.54) is 27.3 Å². The van der Waals surface area contributed by atoms with E-state index in [-0.39, 0.29) is 5.56 Å². The third-order valence-corrected chi connectivity index (χ3v) is 8.70. The number of thioether (sulfide) groups is 1. The van der Waals surface area contributed by atoms with Crippen molar-refractivity contribution in [2.75, 3.05) is 5.32 Å². The number of hydrogen-bond donors (Lipinski definition) is 2. The third kappa shape index (κ3) is 4.40. The van der Waals surface area contributed by atoms with Crippen LogP contribution in [0.3, 0.4) is 0 Å². The molecule has 6 nitrogen and oxygen atoms in total. The van der Waals surface area contributed by atoms with Crippen LogP contribution in [0.4, 0.5) is 10.8 Å². The number of fused-ring (bicyclic) bond motifs is 3. The third-order valence-electron chi connectivity index (χ3n) is 5.57. The zero-order valence-electron chi connectivity index (χ0n) is 17.4. The maximum atomic E-state index is 12.7. The molecule has 9 heteroatoms. The Morgan fingerprint density at radius 3 is 2.87 bits per heavy atom. The van der Waals surface area contributed by atoms with Gasteiger partial charge in [0.05, 0.1) is 11.1 Å². The predicted molar refractivity (Wildman–Crippen MR) is 130 cm³/mol. The van der Waals surface area contributed by atoms with Crippen LogP contribution < -0.4 is 10.9 Å². The molecule has 3 heterocycles. The van der Waals surface area contributed by atoms with Gasteiger partial charge in [0.2, 0.25) is 5.13 Å². The van der Waals surface area contributed by atoms with Gasteiger partial charge in [-0.2, -0.15) is 0 Å². The van der Waals surface area contributed by atoms with Gasteiger partial charge in [0.15, 0.2) is 4.34 Å². The molecule has 0 saturated heterocycles. The lowest BCUT2D eigenvalue weighted by Gasteiger charge is -2.17. The van der Waals surface area contributed by atoms with Gasteiger partial charge in [-0.05, 0) is 54.9 Å². The van der Waals surface area contributed by atoms with Gasteiger partial charge in [-0.3, -0.25) is 4.79 Å². The van der Waals surface area contributed by atoms with E-state index in [4.69, 9.17) is 4.98 Å². The molecule has 5 rings (SSSR count). The van der Waals surface area contributed by atoms with Crippen LogP contribution in [0.15, 0.2) is 33.4 Å². The van der Waals surface area contributed by atoms with Gasteiger partial charge in [0.1, 0.15) is 10.7 Å². The maximum Gasteiger partial charge on any atom is 0.259 e. The molecule has 31 heavy (non-hydrogen) atoms. The molecule has 0 saturated carbocycles. The summed E-state index contributed by atoms with van der Waals surface area (Å²) in [4.78, 5) is 22.7. The summed E-state index contributed by atoms with van der Waals surface area (Å²) in [6.07, 6.45) is 4.21. The fourth-order valence-electron chi connectivity index (χ4n) is 3.86. The molecule has 0 radical (unpaired) electrons. The molecule has 160 valence electrons. The van der Waals surface area contributed by atoms with Crippen LogP contribution in [0, 0.1) is 5.92 Å². The van der Waals surface area contributed by atoms with E-state index in [1.807, 2.05) is 0 Å². The standard InChI is InChI=1S/C22H23N5OS3/c1-3-13-5-7-14(8-6-13)23-21-26-27-22(31-21)29-11-17-24-19(28)18-15-9-4-12(2)10-16(15)30-20(18)25-17/h5-8,12H,3-4,9-11H2,1-2H3,(H,23,26)(H,24,25,28). The molecular formula is C22H23N5OS3. The van der Waals surface area contributed by atoms with Crippen molar-refractivity contribution < 1.29 is 0 Å². The summed E-state index contributed by atoms with van der Waals surface area (Å²) in [5.74, 6) is 1.93. The minimum absolute atomic E-state index is 0.0113. The van der Waals surface area contributed by atoms with Crippen molar-refractivity contribution in [3.05, 3.63) is 56.4 Å². The lowest BCUT2D eigenvalue weighted by atomic mass is 9.89. The zero-order chi connectivity index (χ0) is 21.4. The molecule has 1 aromatic carbocycles. The summed E-state index contributed by atoms with van der Waals surface area (Å²) < 4.78 is 0.842. The van der Waals surface area contributed by atoms with E-state index in [0.29, 0.717) is 17.5 Å². The predicted octanol–water partition coefficient (Wildman–Crippen LogP) is 5.56. The number of benzene rings is 1. The maximum absolute atomic E-state index is 12.7. The lowest BCUT2D eigenvalue weighted by molar-refractivity contribution is 0.509. The van der Waals surface area contributed by atoms with Gasteiger partial charge < -0.3 is 10.3 Å². The van der Waals surface area contributed by atoms with Crippen molar-refractivity contribution in [2.24, 2.45) is 5.92 Å². The van der Waals surface area contributed by atoms with Crippen LogP contribution in [-0.4, -0.2) is 20.2 Å². The zero-order valence-corrected chi connectivity index (χ0v) is 19.8. The first-order chi connectivity index (χ1) is 15.1. The van der Waals surface area contributed by atoms with Crippen molar-refractivity contribution in [1.82, 2.24) is 20.2 Å². The monoisotopic (exact) mass is 469 g/mol. The summed E-state index contributed by atoms with van der Waals surface area (Å²) in [6, 6.07) is 8.33. The molecule has 2 N–H and O–H groups in total. The number of aryl methyl sites for hydroxylation is 2. The van der Waals surface area contributed by atoms with E-state index in [1.54, 1.807) is 23.1 Å². The Hall–Kier alpha value is -2.23. The molecule has 4 aromatic rings. The normalized spacial score (nSPS) is 15.9. The summed E-state index contributed by atoms with van der Waals surface area (Å²) in [7, 11) is 0. The first-order valence-corrected chi connectivity index (χ1v) is 13.1. The molecule has 1 unspecified atom stereocenters. The topological polar surface area (TPSA) is 83.6 Å². The number of H-pyrrole nitrogens is 1. The molecule has 0 fully saturated rings. The van der Waals surface area contributed by atoms with Crippen LogP contribution in [0.25, 0.3) is 10.2 Å². The van der Waals surface area contributed by atoms with Crippen molar-refractivity contribution in [3.8, 4) is 0 Å². The largest absolute Gasteiger partial charge is 0.330 e. The highest BCUT2D eigenvalue weighted by Gasteiger charge is 2.23. The Kier molecular flexibility index (Phi) is 5.81. The number of aromatic nitrogens is 4. The van der Waals surface area contributed by atoms with Gasteiger partial charge in [-0.25, -0.2) is 4.98 Å². The van der Waals surface area contributed by atoms with E-state index >= 15 is 0 Å². The second-order valence-electron chi connectivity index (χ2n) is 7.88. The van der Waals surface area contributed by atoms with Crippen molar-refractivity contribution >= 4 is 55.5 Å². The van der Waals surface area contributed by atoms with Gasteiger partial charge in [0.25, 0.3) is 5.56 Å². The second-order valence-corrected chi connectivity index (χ2v) is 11.2. The Morgan fingerprint density at radius 1 is 1.23 bits per heavy atom. The number of hydrogen-bond acceptors (Lipinski definition) is 8. The van der Waals surface area contributed by atoms with E-state index < -0.39 is 0 Å². The molecule has 1 aliphatic carbocycles. The first kappa shape index (κ1) is 20.7. The molecule has 0 bridgehead atoms. The smallest absolute Gasteiger partial charge is 0.259 e. The Labute approximate surface area is 192 Å². The van der Waals surface area contributed by atoms with Crippen LogP contribution >= 0.6 is 34.4 Å². The van der Waals surface area contributed by atoms with Gasteiger partial charge in [-0.15, -0.1) is 21.5 Å². The number of nitrogens with one attached hydrogen (secondary N) is 2. The highest BCUT2D eigenvalue weighted by atomic mass is 32.2. The molecule has 0 amide bonds. The molecule has 0 aliphatic heterocycles. The molecule has 0 spiro atoms. The fourth-order valence-corrected chi connectivity index (χ4v) is 6.90. The van der Waals surface area contributed by atoms with E-state index in [9.17, 15) is 4.79 Å². The summed E-state index contributed by atoms with van der Waals surface area (Å²) in [5.41, 5.74) is 3.51. The van der Waals surface area contributed by atoms with Crippen molar-refractivity contribution in [3.63, 3.8) is 0 Å². The number of anilines is 2. The van der Waals surface area contributed by atoms with Crippen molar-refractivity contribution in [1.29, 1.82) is 0 Å². The van der Waals surface area contributed by atoms with Gasteiger partial charge in [0, 0.05) is 10.6 Å². The Morgan fingerprint density at radius 2 is 2.06 bits per heavy atom. The highest BCUT2D eigenvalue weighted by Crippen LogP contribution is 2.36. The quantitative estimate of drug-likeness (QED) is 0.360. The average molecular weight is 470 g/mol. The van der Waals surface area contributed by atoms with Gasteiger partial charge >= 0.3 is 0 Å². The Bertz CT molecular complexity index is 1270. The lowest BCUT2D eigenvalue weighted by Crippen LogP contribution is -2.14. The number of aromatic amines is 1. The highest BCUT2D eigenvalue weighted by molar-refractivity contribution is 8.00. The minimum atomic E-state index is -0.0113. The molecule has 1 aliphatic rings. The van der Waals surface area contributed by atoms with Crippen molar-refractivity contribution in [2.45, 2.75) is 49.6 Å². The fraction of sp³-hybridized carbons (Fsp3) is 0.364. The van der Waals surface area contributed by atoms with Crippen LogP contribution in [0.5, 0.6) is 0 Å². The molecule has 3 aromatic heterocycles. The van der Waals surface area contributed by atoms with Gasteiger partial charge in [-0.1, -0.05) is 49.1 Å². The van der Waals surface area contributed by atoms with Crippen LogP contribution in [0.2, 0.25) is 0 Å². The first-order valence-electron chi connectivity index (χ1n) is 10.4. The number of thiophene rings is 1. The average Bonchev–Trinajstić information content (AvgIpc) is 3.36. The SMILES string of the molecule is CCc1ccc(Nc2nnc(SCc3nc4sc5c(c4c(=O)[nH]3)CCC(C)C5)s2)cc1. The summed E-state index contributed by atoms with van der Waals surface area (Å²) in [6.45, 7) is 4.42. The Balaban J connectivity index is 1.28. The number of nitrogens with zero attached hydrogens (tertiary/aromatic N) is 3. The minimum Gasteiger partial charge on any atom is -0.330 e. The number of rotatable bonds is 6. The summed E-state index contributed by atoms with van der Waals surface area (Å²) >= 11 is 4.73. The van der Waals surface area contributed by atoms with E-state index in [0.717, 1.165) is 51.1 Å². The molecule has 1 atom stereocenters.